The zero-order valence-corrected chi connectivity index (χ0v) is 21.0. The number of aliphatic imine (C=N–C) groups is 1. The van der Waals surface area contributed by atoms with Crippen LogP contribution in [0.4, 0.5) is 11.5 Å². The Morgan fingerprint density at radius 1 is 1.17 bits per heavy atom. The van der Waals surface area contributed by atoms with E-state index in [0.717, 1.165) is 56.9 Å². The van der Waals surface area contributed by atoms with Gasteiger partial charge in [-0.15, -0.1) is 0 Å². The Hall–Kier alpha value is -3.55. The van der Waals surface area contributed by atoms with Crippen LogP contribution < -0.4 is 15.4 Å². The molecule has 2 unspecified atom stereocenters. The van der Waals surface area contributed by atoms with Gasteiger partial charge in [-0.05, 0) is 64.3 Å². The summed E-state index contributed by atoms with van der Waals surface area (Å²) in [7, 11) is 1.71. The summed E-state index contributed by atoms with van der Waals surface area (Å²) in [5, 5.41) is 16.4. The third-order valence-electron chi connectivity index (χ3n) is 7.88. The number of nitrogens with one attached hydrogen (secondary N) is 2. The van der Waals surface area contributed by atoms with Crippen molar-refractivity contribution in [1.82, 2.24) is 14.9 Å². The summed E-state index contributed by atoms with van der Waals surface area (Å²) < 4.78 is 13.5. The van der Waals surface area contributed by atoms with Crippen molar-refractivity contribution in [3.05, 3.63) is 53.2 Å². The Bertz CT molecular complexity index is 1340. The maximum absolute atomic E-state index is 5.88. The van der Waals surface area contributed by atoms with Gasteiger partial charge in [-0.2, -0.15) is 5.10 Å². The number of nitrogens with zero attached hydrogens (tertiary/aromatic N) is 4. The molecule has 3 aliphatic rings. The van der Waals surface area contributed by atoms with Gasteiger partial charge >= 0.3 is 0 Å². The van der Waals surface area contributed by atoms with Gasteiger partial charge in [0, 0.05) is 23.5 Å². The summed E-state index contributed by atoms with van der Waals surface area (Å²) in [5.41, 5.74) is 5.63. The summed E-state index contributed by atoms with van der Waals surface area (Å²) in [4.78, 5) is 4.85. The topological polar surface area (TPSA) is 89.5 Å². The van der Waals surface area contributed by atoms with Crippen molar-refractivity contribution < 1.29 is 9.26 Å². The van der Waals surface area contributed by atoms with Gasteiger partial charge in [0.1, 0.15) is 23.2 Å². The van der Waals surface area contributed by atoms with E-state index in [1.807, 2.05) is 20.0 Å². The lowest BCUT2D eigenvalue weighted by Crippen LogP contribution is -2.47. The first-order chi connectivity index (χ1) is 16.9. The summed E-state index contributed by atoms with van der Waals surface area (Å²) in [6.07, 6.45) is 8.90. The minimum atomic E-state index is -0.396. The number of aryl methyl sites for hydroxylation is 3. The Morgan fingerprint density at radius 3 is 2.69 bits per heavy atom. The molecule has 2 aromatic heterocycles. The number of aromatic nitrogens is 3. The molecule has 6 rings (SSSR count). The number of hydrogen-bond acceptors (Lipinski definition) is 7. The van der Waals surface area contributed by atoms with Crippen LogP contribution in [0.5, 0.6) is 5.75 Å². The van der Waals surface area contributed by atoms with Crippen molar-refractivity contribution in [2.75, 3.05) is 17.7 Å². The second-order valence-corrected chi connectivity index (χ2v) is 10.1. The largest absolute Gasteiger partial charge is 0.496 e. The van der Waals surface area contributed by atoms with Crippen LogP contribution in [0.2, 0.25) is 0 Å². The van der Waals surface area contributed by atoms with E-state index in [0.29, 0.717) is 6.04 Å². The molecular weight excluding hydrogens is 440 g/mol. The molecule has 3 aromatic rings. The van der Waals surface area contributed by atoms with Crippen molar-refractivity contribution >= 4 is 17.3 Å². The molecule has 0 saturated heterocycles. The number of anilines is 2. The molecule has 4 heterocycles. The lowest BCUT2D eigenvalue weighted by Gasteiger charge is -2.34. The molecule has 8 nitrogen and oxygen atoms in total. The molecule has 1 aromatic carbocycles. The maximum atomic E-state index is 5.88. The number of fused-ring (bicyclic) bond motifs is 3. The molecule has 182 valence electrons. The summed E-state index contributed by atoms with van der Waals surface area (Å²) >= 11 is 0. The highest BCUT2D eigenvalue weighted by Crippen LogP contribution is 2.49. The van der Waals surface area contributed by atoms with Gasteiger partial charge in [-0.25, -0.2) is 9.67 Å². The minimum absolute atomic E-state index is 0.0612. The van der Waals surface area contributed by atoms with Crippen molar-refractivity contribution in [2.24, 2.45) is 4.99 Å². The highest BCUT2D eigenvalue weighted by atomic mass is 16.5. The fourth-order valence-electron chi connectivity index (χ4n) is 6.01. The van der Waals surface area contributed by atoms with Crippen molar-refractivity contribution in [1.29, 1.82) is 0 Å². The van der Waals surface area contributed by atoms with E-state index in [1.165, 1.54) is 25.7 Å². The van der Waals surface area contributed by atoms with Gasteiger partial charge in [0.15, 0.2) is 0 Å². The van der Waals surface area contributed by atoms with E-state index < -0.39 is 5.41 Å². The van der Waals surface area contributed by atoms with Gasteiger partial charge in [0.25, 0.3) is 0 Å². The SMILES string of the molecule is COc1cc2c(cc1-c1c(C)noc1C)NC1C=CN=C(Nc3cc(C)nn3C3CCCC3)C21C. The summed E-state index contributed by atoms with van der Waals surface area (Å²) in [6, 6.07) is 6.93. The second kappa shape index (κ2) is 8.00. The number of benzene rings is 1. The number of hydrogen-bond donors (Lipinski definition) is 2. The van der Waals surface area contributed by atoms with Gasteiger partial charge in [0.05, 0.1) is 41.6 Å². The van der Waals surface area contributed by atoms with Crippen molar-refractivity contribution in [3.63, 3.8) is 0 Å². The van der Waals surface area contributed by atoms with E-state index in [9.17, 15) is 0 Å². The third kappa shape index (κ3) is 3.30. The average molecular weight is 473 g/mol. The lowest BCUT2D eigenvalue weighted by molar-refractivity contribution is 0.393. The van der Waals surface area contributed by atoms with E-state index in [2.05, 4.69) is 58.6 Å². The Balaban J connectivity index is 1.42. The smallest absolute Gasteiger partial charge is 0.141 e. The number of rotatable bonds is 4. The fourth-order valence-corrected chi connectivity index (χ4v) is 6.01. The predicted molar refractivity (Wildman–Crippen MR) is 137 cm³/mol. The molecule has 8 heteroatoms. The number of methoxy groups -OCH3 is 1. The first kappa shape index (κ1) is 21.9. The highest BCUT2D eigenvalue weighted by molar-refractivity contribution is 6.07. The average Bonchev–Trinajstić information content (AvgIpc) is 3.61. The monoisotopic (exact) mass is 472 g/mol. The molecule has 1 fully saturated rings. The fraction of sp³-hybridized carbons (Fsp3) is 0.444. The predicted octanol–water partition coefficient (Wildman–Crippen LogP) is 5.68. The van der Waals surface area contributed by atoms with Crippen LogP contribution >= 0.6 is 0 Å². The molecular formula is C27H32N6O2. The van der Waals surface area contributed by atoms with Gasteiger partial charge in [-0.3, -0.25) is 0 Å². The Labute approximate surface area is 205 Å². The third-order valence-corrected chi connectivity index (χ3v) is 7.88. The summed E-state index contributed by atoms with van der Waals surface area (Å²) in [6.45, 7) is 8.19. The minimum Gasteiger partial charge on any atom is -0.496 e. The number of amidine groups is 1. The molecule has 0 radical (unpaired) electrons. The lowest BCUT2D eigenvalue weighted by atomic mass is 9.75. The van der Waals surface area contributed by atoms with Crippen LogP contribution in [-0.2, 0) is 5.41 Å². The molecule has 0 amide bonds. The van der Waals surface area contributed by atoms with Crippen LogP contribution in [0.15, 0.2) is 40.0 Å². The molecule has 2 aliphatic heterocycles. The Morgan fingerprint density at radius 2 is 1.97 bits per heavy atom. The van der Waals surface area contributed by atoms with Gasteiger partial charge in [-0.1, -0.05) is 18.0 Å². The normalized spacial score (nSPS) is 23.1. The molecule has 1 saturated carbocycles. The van der Waals surface area contributed by atoms with E-state index in [4.69, 9.17) is 19.4 Å². The van der Waals surface area contributed by atoms with Crippen molar-refractivity contribution in [2.45, 2.75) is 70.9 Å². The molecule has 35 heavy (non-hydrogen) atoms. The van der Waals surface area contributed by atoms with Crippen LogP contribution in [0.3, 0.4) is 0 Å². The van der Waals surface area contributed by atoms with Gasteiger partial charge < -0.3 is 19.9 Å². The van der Waals surface area contributed by atoms with E-state index >= 15 is 0 Å². The molecule has 2 atom stereocenters. The van der Waals surface area contributed by atoms with E-state index in [1.54, 1.807) is 7.11 Å². The summed E-state index contributed by atoms with van der Waals surface area (Å²) in [5.74, 6) is 3.49. The first-order valence-corrected chi connectivity index (χ1v) is 12.4. The van der Waals surface area contributed by atoms with Crippen LogP contribution in [0.1, 0.15) is 61.4 Å². The van der Waals surface area contributed by atoms with E-state index in [-0.39, 0.29) is 6.04 Å². The van der Waals surface area contributed by atoms with Crippen molar-refractivity contribution in [3.8, 4) is 16.9 Å². The van der Waals surface area contributed by atoms with Crippen LogP contribution in [-0.4, -0.2) is 33.9 Å². The first-order valence-electron chi connectivity index (χ1n) is 12.4. The number of ether oxygens (including phenoxy) is 1. The second-order valence-electron chi connectivity index (χ2n) is 10.1. The highest BCUT2D eigenvalue weighted by Gasteiger charge is 2.48. The van der Waals surface area contributed by atoms with Crippen LogP contribution in [0, 0.1) is 20.8 Å². The Kier molecular flexibility index (Phi) is 5.02. The maximum Gasteiger partial charge on any atom is 0.141 e. The molecule has 0 spiro atoms. The standard InChI is InChI=1S/C27H32N6O2/c1-15-12-24(33(31-15)18-8-6-7-9-18)30-26-27(4)20-14-22(34-5)19(25-16(2)32-35-17(25)3)13-21(20)29-23(27)10-11-28-26/h10-14,18,23,29H,6-9H2,1-5H3,(H,28,30). The van der Waals surface area contributed by atoms with Gasteiger partial charge in [0.2, 0.25) is 0 Å². The molecule has 1 aliphatic carbocycles. The zero-order chi connectivity index (χ0) is 24.3. The molecule has 0 bridgehead atoms. The van der Waals surface area contributed by atoms with Crippen LogP contribution in [0.25, 0.3) is 11.1 Å². The molecule has 2 N–H and O–H groups in total. The zero-order valence-electron chi connectivity index (χ0n) is 21.0. The quantitative estimate of drug-likeness (QED) is 0.508.